The predicted octanol–water partition coefficient (Wildman–Crippen LogP) is 3.90. The van der Waals surface area contributed by atoms with Gasteiger partial charge >= 0.3 is 12.6 Å². The van der Waals surface area contributed by atoms with E-state index in [4.69, 9.17) is 9.47 Å². The molecule has 1 aliphatic rings. The third kappa shape index (κ3) is 4.86. The molecule has 10 heteroatoms. The number of halogens is 2. The van der Waals surface area contributed by atoms with Gasteiger partial charge in [0.05, 0.1) is 18.2 Å². The van der Waals surface area contributed by atoms with E-state index in [0.29, 0.717) is 10.6 Å². The molecule has 30 heavy (non-hydrogen) atoms. The molecule has 0 unspecified atom stereocenters. The number of nitrogens with one attached hydrogen (secondary N) is 1. The van der Waals surface area contributed by atoms with Crippen molar-refractivity contribution in [2.75, 3.05) is 19.0 Å². The number of carbonyl (C=O) groups is 2. The van der Waals surface area contributed by atoms with E-state index >= 15 is 0 Å². The van der Waals surface area contributed by atoms with Gasteiger partial charge in [-0.05, 0) is 49.4 Å². The van der Waals surface area contributed by atoms with E-state index < -0.39 is 25.1 Å². The van der Waals surface area contributed by atoms with Crippen molar-refractivity contribution < 1.29 is 32.6 Å². The van der Waals surface area contributed by atoms with Crippen molar-refractivity contribution in [3.63, 3.8) is 0 Å². The number of carbonyl (C=O) groups excluding carboxylic acids is 2. The number of benzene rings is 1. The van der Waals surface area contributed by atoms with E-state index in [1.54, 1.807) is 0 Å². The minimum Gasteiger partial charge on any atom is -0.493 e. The second-order valence-corrected chi connectivity index (χ2v) is 7.50. The number of nitriles is 1. The molecule has 0 fully saturated rings. The van der Waals surface area contributed by atoms with Crippen LogP contribution in [0.15, 0.2) is 18.2 Å². The van der Waals surface area contributed by atoms with Crippen molar-refractivity contribution in [2.45, 2.75) is 32.3 Å². The lowest BCUT2D eigenvalue weighted by Crippen LogP contribution is -2.21. The van der Waals surface area contributed by atoms with Crippen LogP contribution in [0.25, 0.3) is 0 Å². The van der Waals surface area contributed by atoms with Gasteiger partial charge in [0.1, 0.15) is 11.1 Å². The van der Waals surface area contributed by atoms with Crippen LogP contribution in [0, 0.1) is 11.3 Å². The average Bonchev–Trinajstić information content (AvgIpc) is 3.08. The van der Waals surface area contributed by atoms with Crippen LogP contribution in [0.2, 0.25) is 0 Å². The van der Waals surface area contributed by atoms with Crippen molar-refractivity contribution >= 4 is 28.2 Å². The normalized spacial score (nSPS) is 12.6. The van der Waals surface area contributed by atoms with Crippen molar-refractivity contribution in [1.82, 2.24) is 0 Å². The van der Waals surface area contributed by atoms with Crippen molar-refractivity contribution in [1.29, 1.82) is 5.26 Å². The Hall–Kier alpha value is -3.19. The Morgan fingerprint density at radius 2 is 2.03 bits per heavy atom. The Morgan fingerprint density at radius 3 is 2.73 bits per heavy atom. The van der Waals surface area contributed by atoms with Crippen LogP contribution in [0.5, 0.6) is 11.5 Å². The van der Waals surface area contributed by atoms with Gasteiger partial charge in [-0.2, -0.15) is 14.0 Å². The van der Waals surface area contributed by atoms with Crippen LogP contribution in [0.3, 0.4) is 0 Å². The molecule has 1 N–H and O–H groups in total. The molecule has 0 bridgehead atoms. The van der Waals surface area contributed by atoms with E-state index in [0.717, 1.165) is 42.2 Å². The molecule has 7 nitrogen and oxygen atoms in total. The number of thiophene rings is 1. The van der Waals surface area contributed by atoms with Crippen molar-refractivity contribution in [3.8, 4) is 17.6 Å². The molecule has 0 spiro atoms. The molecule has 2 aromatic rings. The molecule has 1 aliphatic carbocycles. The molecule has 0 aliphatic heterocycles. The van der Waals surface area contributed by atoms with Crippen LogP contribution in [-0.2, 0) is 22.4 Å². The molecule has 0 radical (unpaired) electrons. The first kappa shape index (κ1) is 21.5. The van der Waals surface area contributed by atoms with Crippen molar-refractivity contribution in [3.05, 3.63) is 39.8 Å². The second-order valence-electron chi connectivity index (χ2n) is 6.40. The lowest BCUT2D eigenvalue weighted by Gasteiger charge is -2.11. The van der Waals surface area contributed by atoms with Crippen LogP contribution in [0.4, 0.5) is 13.8 Å². The van der Waals surface area contributed by atoms with Gasteiger partial charge in [0, 0.05) is 4.88 Å². The number of ether oxygens (including phenoxy) is 3. The lowest BCUT2D eigenvalue weighted by atomic mass is 9.96. The van der Waals surface area contributed by atoms with Gasteiger partial charge in [-0.3, -0.25) is 4.79 Å². The summed E-state index contributed by atoms with van der Waals surface area (Å²) in [7, 11) is 1.24. The summed E-state index contributed by atoms with van der Waals surface area (Å²) in [6.45, 7) is -3.61. The third-order valence-electron chi connectivity index (χ3n) is 4.49. The van der Waals surface area contributed by atoms with Crippen LogP contribution in [0.1, 0.15) is 39.2 Å². The summed E-state index contributed by atoms with van der Waals surface area (Å²) in [5.41, 5.74) is 1.46. The van der Waals surface area contributed by atoms with Gasteiger partial charge in [-0.15, -0.1) is 11.3 Å². The maximum atomic E-state index is 12.4. The minimum atomic E-state index is -3.04. The van der Waals surface area contributed by atoms with E-state index in [1.807, 2.05) is 0 Å². The highest BCUT2D eigenvalue weighted by Crippen LogP contribution is 2.37. The number of amides is 1. The second kappa shape index (κ2) is 9.54. The zero-order valence-electron chi connectivity index (χ0n) is 16.0. The van der Waals surface area contributed by atoms with Crippen LogP contribution < -0.4 is 14.8 Å². The fourth-order valence-corrected chi connectivity index (χ4v) is 4.39. The quantitative estimate of drug-likeness (QED) is 0.661. The predicted molar refractivity (Wildman–Crippen MR) is 104 cm³/mol. The number of alkyl halides is 2. The molecule has 0 saturated carbocycles. The summed E-state index contributed by atoms with van der Waals surface area (Å²) < 4.78 is 39.0. The number of nitrogens with zero attached hydrogens (tertiary/aromatic N) is 1. The van der Waals surface area contributed by atoms with E-state index in [2.05, 4.69) is 16.1 Å². The maximum absolute atomic E-state index is 12.4. The Morgan fingerprint density at radius 1 is 1.27 bits per heavy atom. The fraction of sp³-hybridized carbons (Fsp3) is 0.350. The summed E-state index contributed by atoms with van der Waals surface area (Å²) in [6.07, 6.45) is 3.75. The standard InChI is InChI=1S/C20H18F2N2O5S/c1-27-15-8-11(6-7-14(15)29-20(21)22)19(26)28-10-17(25)24-18-13(9-23)12-4-2-3-5-16(12)30-18/h6-8,20H,2-5,10H2,1H3,(H,24,25). The summed E-state index contributed by atoms with van der Waals surface area (Å²) in [4.78, 5) is 25.5. The summed E-state index contributed by atoms with van der Waals surface area (Å²) in [6, 6.07) is 5.69. The molecular formula is C20H18F2N2O5S. The van der Waals surface area contributed by atoms with Gasteiger partial charge in [0.15, 0.2) is 18.1 Å². The number of aryl methyl sites for hydroxylation is 1. The Kier molecular flexibility index (Phi) is 6.84. The van der Waals surface area contributed by atoms with Gasteiger partial charge in [0.25, 0.3) is 5.91 Å². The number of esters is 1. The number of hydrogen-bond donors (Lipinski definition) is 1. The Bertz CT molecular complexity index is 1000. The first-order chi connectivity index (χ1) is 14.4. The number of anilines is 1. The highest BCUT2D eigenvalue weighted by molar-refractivity contribution is 7.16. The molecule has 158 valence electrons. The molecule has 3 rings (SSSR count). The van der Waals surface area contributed by atoms with Gasteiger partial charge in [-0.25, -0.2) is 4.79 Å². The molecule has 1 aromatic carbocycles. The maximum Gasteiger partial charge on any atom is 0.387 e. The number of rotatable bonds is 7. The molecule has 1 heterocycles. The average molecular weight is 436 g/mol. The van der Waals surface area contributed by atoms with Crippen LogP contribution in [-0.4, -0.2) is 32.2 Å². The minimum absolute atomic E-state index is 0.00516. The fourth-order valence-electron chi connectivity index (χ4n) is 3.14. The summed E-state index contributed by atoms with van der Waals surface area (Å²) in [5, 5.41) is 12.5. The number of fused-ring (bicyclic) bond motifs is 1. The summed E-state index contributed by atoms with van der Waals surface area (Å²) in [5.74, 6) is -1.72. The Balaban J connectivity index is 1.62. The van der Waals surface area contributed by atoms with E-state index in [-0.39, 0.29) is 17.1 Å². The Labute approximate surface area is 175 Å². The topological polar surface area (TPSA) is 97.6 Å². The monoisotopic (exact) mass is 436 g/mol. The van der Waals surface area contributed by atoms with Gasteiger partial charge < -0.3 is 19.5 Å². The SMILES string of the molecule is COc1cc(C(=O)OCC(=O)Nc2sc3c(c2C#N)CCCC3)ccc1OC(F)F. The van der Waals surface area contributed by atoms with E-state index in [1.165, 1.54) is 30.6 Å². The van der Waals surface area contributed by atoms with Gasteiger partial charge in [-0.1, -0.05) is 0 Å². The largest absolute Gasteiger partial charge is 0.493 e. The van der Waals surface area contributed by atoms with Crippen LogP contribution >= 0.6 is 11.3 Å². The molecule has 1 amide bonds. The number of hydrogen-bond acceptors (Lipinski definition) is 7. The zero-order chi connectivity index (χ0) is 21.7. The smallest absolute Gasteiger partial charge is 0.387 e. The molecule has 1 aromatic heterocycles. The molecule has 0 atom stereocenters. The third-order valence-corrected chi connectivity index (χ3v) is 5.69. The zero-order valence-corrected chi connectivity index (χ0v) is 16.8. The molecule has 0 saturated heterocycles. The van der Waals surface area contributed by atoms with Gasteiger partial charge in [0.2, 0.25) is 0 Å². The lowest BCUT2D eigenvalue weighted by molar-refractivity contribution is -0.119. The first-order valence-corrected chi connectivity index (χ1v) is 9.89. The summed E-state index contributed by atoms with van der Waals surface area (Å²) >= 11 is 1.37. The van der Waals surface area contributed by atoms with E-state index in [9.17, 15) is 23.6 Å². The highest BCUT2D eigenvalue weighted by atomic mass is 32.1. The number of methoxy groups -OCH3 is 1. The molecular weight excluding hydrogens is 418 g/mol. The first-order valence-electron chi connectivity index (χ1n) is 9.07. The highest BCUT2D eigenvalue weighted by Gasteiger charge is 2.22. The van der Waals surface area contributed by atoms with Crippen molar-refractivity contribution in [2.24, 2.45) is 0 Å².